The van der Waals surface area contributed by atoms with Crippen LogP contribution in [0.3, 0.4) is 0 Å². The third-order valence-electron chi connectivity index (χ3n) is 8.53. The van der Waals surface area contributed by atoms with Gasteiger partial charge in [-0.15, -0.1) is 0 Å². The third kappa shape index (κ3) is 5.62. The number of carbonyl (C=O) groups excluding carboxylic acids is 2. The Labute approximate surface area is 263 Å². The Bertz CT molecular complexity index is 1970. The second-order valence-electron chi connectivity index (χ2n) is 11.6. The first-order valence-corrected chi connectivity index (χ1v) is 14.7. The van der Waals surface area contributed by atoms with Crippen LogP contribution in [0.2, 0.25) is 0 Å². The van der Waals surface area contributed by atoms with Crippen molar-refractivity contribution in [2.75, 3.05) is 10.6 Å². The second kappa shape index (κ2) is 11.8. The summed E-state index contributed by atoms with van der Waals surface area (Å²) in [6.07, 6.45) is 1.81. The van der Waals surface area contributed by atoms with Crippen LogP contribution in [0.15, 0.2) is 95.7 Å². The molecule has 7 rings (SSSR count). The molecule has 3 N–H and O–H groups in total. The molecule has 234 valence electrons. The third-order valence-corrected chi connectivity index (χ3v) is 8.53. The number of H-pyrrole nitrogens is 1. The van der Waals surface area contributed by atoms with Crippen molar-refractivity contribution < 1.29 is 27.3 Å². The van der Waals surface area contributed by atoms with Gasteiger partial charge in [0.2, 0.25) is 5.91 Å². The number of rotatable bonds is 5. The maximum atomic E-state index is 13.2. The number of nitrogens with one attached hydrogen (secondary N) is 3. The standard InChI is InChI=1S/C24H22N2O.C12H9F3N2O2/c1-15-13-16(2)25-21(15)14-24(12-11-17-7-3-5-9-19(17)24)22-18-8-4-6-10-20(18)26-23(22)27;1-7-8(6-16-19-7)11(18)17-10-5-3-2-4-9(10)12(13,14)15/h3-13,22,25H,14H2,1-2H3,(H,26,27);2-6H,1H3,(H,17,18). The second-order valence-corrected chi connectivity index (χ2v) is 11.6. The lowest BCUT2D eigenvalue weighted by Crippen LogP contribution is -2.37. The van der Waals surface area contributed by atoms with Gasteiger partial charge in [0.1, 0.15) is 11.3 Å². The van der Waals surface area contributed by atoms with E-state index in [1.807, 2.05) is 18.2 Å². The Hall–Kier alpha value is -5.38. The molecule has 10 heteroatoms. The van der Waals surface area contributed by atoms with Crippen LogP contribution in [0.4, 0.5) is 24.5 Å². The SMILES string of the molecule is Cc1cc(C)c(CC2(C3C(=O)Nc4ccccc43)C=Cc3ccccc32)[nH]1.Cc1oncc1C(=O)Nc1ccccc1C(F)(F)F. The molecule has 3 aromatic carbocycles. The lowest BCUT2D eigenvalue weighted by atomic mass is 9.66. The summed E-state index contributed by atoms with van der Waals surface area (Å²) < 4.78 is 42.9. The van der Waals surface area contributed by atoms with Gasteiger partial charge in [-0.3, -0.25) is 9.59 Å². The Morgan fingerprint density at radius 3 is 2.43 bits per heavy atom. The van der Waals surface area contributed by atoms with Gasteiger partial charge in [-0.05, 0) is 67.3 Å². The van der Waals surface area contributed by atoms with Crippen LogP contribution in [0.5, 0.6) is 0 Å². The predicted octanol–water partition coefficient (Wildman–Crippen LogP) is 8.13. The lowest BCUT2D eigenvalue weighted by Gasteiger charge is -2.34. The summed E-state index contributed by atoms with van der Waals surface area (Å²) in [6.45, 7) is 5.72. The highest BCUT2D eigenvalue weighted by Gasteiger charge is 2.50. The molecule has 0 fully saturated rings. The average Bonchev–Trinajstić information content (AvgIpc) is 3.78. The molecule has 0 saturated carbocycles. The first-order valence-electron chi connectivity index (χ1n) is 14.7. The smallest absolute Gasteiger partial charge is 0.362 e. The zero-order valence-electron chi connectivity index (χ0n) is 25.3. The summed E-state index contributed by atoms with van der Waals surface area (Å²) >= 11 is 0. The number of anilines is 2. The molecule has 5 aromatic rings. The number of fused-ring (bicyclic) bond motifs is 2. The zero-order valence-corrected chi connectivity index (χ0v) is 25.3. The van der Waals surface area contributed by atoms with E-state index in [2.05, 4.69) is 87.7 Å². The minimum atomic E-state index is -4.53. The normalized spacial score (nSPS) is 18.0. The highest BCUT2D eigenvalue weighted by molar-refractivity contribution is 6.05. The van der Waals surface area contributed by atoms with Crippen molar-refractivity contribution in [1.29, 1.82) is 0 Å². The number of para-hydroxylation sites is 2. The van der Waals surface area contributed by atoms with Crippen LogP contribution < -0.4 is 10.6 Å². The van der Waals surface area contributed by atoms with E-state index >= 15 is 0 Å². The fourth-order valence-corrected chi connectivity index (χ4v) is 6.43. The molecule has 0 saturated heterocycles. The number of hydrogen-bond acceptors (Lipinski definition) is 4. The molecule has 2 amide bonds. The van der Waals surface area contributed by atoms with Gasteiger partial charge in [0, 0.05) is 28.9 Å². The molecule has 1 aliphatic carbocycles. The fourth-order valence-electron chi connectivity index (χ4n) is 6.43. The highest BCUT2D eigenvalue weighted by Crippen LogP contribution is 2.52. The van der Waals surface area contributed by atoms with Crippen LogP contribution in [0, 0.1) is 20.8 Å². The average molecular weight is 625 g/mol. The van der Waals surface area contributed by atoms with Gasteiger partial charge in [-0.1, -0.05) is 71.9 Å². The number of halogens is 3. The van der Waals surface area contributed by atoms with E-state index in [9.17, 15) is 22.8 Å². The van der Waals surface area contributed by atoms with Crippen molar-refractivity contribution >= 4 is 29.3 Å². The van der Waals surface area contributed by atoms with Gasteiger partial charge in [0.05, 0.1) is 23.4 Å². The quantitative estimate of drug-likeness (QED) is 0.184. The number of alkyl halides is 3. The fraction of sp³-hybridized carbons (Fsp3) is 0.194. The summed E-state index contributed by atoms with van der Waals surface area (Å²) in [5.74, 6) is -0.618. The molecule has 2 aromatic heterocycles. The van der Waals surface area contributed by atoms with Crippen LogP contribution in [-0.4, -0.2) is 22.0 Å². The molecule has 7 nitrogen and oxygen atoms in total. The number of benzene rings is 3. The van der Waals surface area contributed by atoms with E-state index in [0.717, 1.165) is 35.6 Å². The van der Waals surface area contributed by atoms with Crippen molar-refractivity contribution in [1.82, 2.24) is 10.1 Å². The Morgan fingerprint density at radius 1 is 1.00 bits per heavy atom. The number of hydrogen-bond donors (Lipinski definition) is 3. The molecule has 0 radical (unpaired) electrons. The number of aryl methyl sites for hydroxylation is 3. The molecule has 0 spiro atoms. The first kappa shape index (κ1) is 30.6. The zero-order chi connectivity index (χ0) is 32.6. The number of aromatic amines is 1. The summed E-state index contributed by atoms with van der Waals surface area (Å²) in [5, 5.41) is 8.70. The van der Waals surface area contributed by atoms with E-state index < -0.39 is 23.1 Å². The van der Waals surface area contributed by atoms with Crippen molar-refractivity contribution in [3.05, 3.63) is 142 Å². The van der Waals surface area contributed by atoms with Crippen molar-refractivity contribution in [3.63, 3.8) is 0 Å². The first-order chi connectivity index (χ1) is 22.0. The molecule has 3 heterocycles. The van der Waals surface area contributed by atoms with Crippen molar-refractivity contribution in [2.45, 2.75) is 44.7 Å². The van der Waals surface area contributed by atoms with Crippen LogP contribution in [0.1, 0.15) is 61.2 Å². The highest BCUT2D eigenvalue weighted by atomic mass is 19.4. The molecular formula is C36H31F3N4O3. The molecule has 46 heavy (non-hydrogen) atoms. The van der Waals surface area contributed by atoms with Gasteiger partial charge in [-0.25, -0.2) is 0 Å². The largest absolute Gasteiger partial charge is 0.418 e. The van der Waals surface area contributed by atoms with Gasteiger partial charge < -0.3 is 20.1 Å². The summed E-state index contributed by atoms with van der Waals surface area (Å²) in [5.41, 5.74) is 6.55. The number of nitrogens with zero attached hydrogens (tertiary/aromatic N) is 1. The topological polar surface area (TPSA) is 100 Å². The van der Waals surface area contributed by atoms with Gasteiger partial charge in [0.25, 0.3) is 5.91 Å². The molecular weight excluding hydrogens is 593 g/mol. The molecule has 2 atom stereocenters. The molecule has 2 unspecified atom stereocenters. The maximum absolute atomic E-state index is 13.2. The predicted molar refractivity (Wildman–Crippen MR) is 170 cm³/mol. The van der Waals surface area contributed by atoms with E-state index in [4.69, 9.17) is 0 Å². The summed E-state index contributed by atoms with van der Waals surface area (Å²) in [4.78, 5) is 28.5. The monoisotopic (exact) mass is 624 g/mol. The van der Waals surface area contributed by atoms with Gasteiger partial charge >= 0.3 is 6.18 Å². The van der Waals surface area contributed by atoms with Crippen LogP contribution in [0.25, 0.3) is 6.08 Å². The summed E-state index contributed by atoms with van der Waals surface area (Å²) in [6, 6.07) is 23.5. The van der Waals surface area contributed by atoms with E-state index in [-0.39, 0.29) is 28.8 Å². The maximum Gasteiger partial charge on any atom is 0.418 e. The molecule has 2 aliphatic rings. The Morgan fingerprint density at radius 2 is 1.72 bits per heavy atom. The van der Waals surface area contributed by atoms with E-state index in [0.29, 0.717) is 0 Å². The molecule has 1 aliphatic heterocycles. The van der Waals surface area contributed by atoms with Crippen LogP contribution >= 0.6 is 0 Å². The molecule has 0 bridgehead atoms. The van der Waals surface area contributed by atoms with E-state index in [1.165, 1.54) is 47.5 Å². The van der Waals surface area contributed by atoms with Gasteiger partial charge in [-0.2, -0.15) is 13.2 Å². The van der Waals surface area contributed by atoms with Crippen LogP contribution in [-0.2, 0) is 22.8 Å². The van der Waals surface area contributed by atoms with Crippen molar-refractivity contribution in [2.24, 2.45) is 0 Å². The number of carbonyl (C=O) groups is 2. The summed E-state index contributed by atoms with van der Waals surface area (Å²) in [7, 11) is 0. The number of amides is 2. The van der Waals surface area contributed by atoms with Gasteiger partial charge in [0.15, 0.2) is 0 Å². The Kier molecular flexibility index (Phi) is 7.89. The minimum Gasteiger partial charge on any atom is -0.362 e. The Balaban J connectivity index is 0.000000173. The lowest BCUT2D eigenvalue weighted by molar-refractivity contribution is -0.136. The van der Waals surface area contributed by atoms with E-state index in [1.54, 1.807) is 0 Å². The minimum absolute atomic E-state index is 0.0819. The van der Waals surface area contributed by atoms with Crippen molar-refractivity contribution in [3.8, 4) is 0 Å². The number of allylic oxidation sites excluding steroid dienone is 1. The number of aromatic nitrogens is 2.